The van der Waals surface area contributed by atoms with Crippen molar-refractivity contribution in [2.75, 3.05) is 11.9 Å². The number of non-ortho nitro benzene ring substituents is 1. The van der Waals surface area contributed by atoms with Gasteiger partial charge in [0.05, 0.1) is 26.6 Å². The van der Waals surface area contributed by atoms with Crippen molar-refractivity contribution in [1.82, 2.24) is 0 Å². The van der Waals surface area contributed by atoms with Crippen molar-refractivity contribution >= 4 is 40.5 Å². The molecule has 0 amide bonds. The summed E-state index contributed by atoms with van der Waals surface area (Å²) in [7, 11) is 0. The summed E-state index contributed by atoms with van der Waals surface area (Å²) >= 11 is 11.8. The van der Waals surface area contributed by atoms with Crippen molar-refractivity contribution in [1.29, 1.82) is 0 Å². The Balaban J connectivity index is 2.93. The molecular formula is C12H14Cl2N2O4. The van der Waals surface area contributed by atoms with E-state index in [1.54, 1.807) is 13.8 Å². The number of carbonyl (C=O) groups is 1. The maximum absolute atomic E-state index is 11.1. The summed E-state index contributed by atoms with van der Waals surface area (Å²) in [5, 5.41) is 22.7. The summed E-state index contributed by atoms with van der Waals surface area (Å²) in [6.07, 6.45) is 0. The van der Waals surface area contributed by atoms with Gasteiger partial charge in [-0.25, -0.2) is 0 Å². The second-order valence-corrected chi connectivity index (χ2v) is 5.43. The summed E-state index contributed by atoms with van der Waals surface area (Å²) < 4.78 is 0. The number of carboxylic acid groups (broad SMARTS) is 1. The molecule has 1 atom stereocenters. The number of nitrogens with zero attached hydrogens (tertiary/aromatic N) is 1. The predicted molar refractivity (Wildman–Crippen MR) is 77.6 cm³/mol. The molecule has 20 heavy (non-hydrogen) atoms. The van der Waals surface area contributed by atoms with Crippen molar-refractivity contribution in [2.24, 2.45) is 11.8 Å². The van der Waals surface area contributed by atoms with Gasteiger partial charge in [0.1, 0.15) is 0 Å². The van der Waals surface area contributed by atoms with Gasteiger partial charge >= 0.3 is 5.97 Å². The molecule has 0 aliphatic carbocycles. The topological polar surface area (TPSA) is 92.5 Å². The molecule has 0 aliphatic rings. The highest BCUT2D eigenvalue weighted by Gasteiger charge is 2.22. The number of hydrogen-bond acceptors (Lipinski definition) is 4. The fourth-order valence-electron chi connectivity index (χ4n) is 1.65. The van der Waals surface area contributed by atoms with Crippen LogP contribution in [0.3, 0.4) is 0 Å². The molecule has 0 saturated carbocycles. The fourth-order valence-corrected chi connectivity index (χ4v) is 2.26. The van der Waals surface area contributed by atoms with E-state index in [2.05, 4.69) is 5.32 Å². The van der Waals surface area contributed by atoms with Crippen LogP contribution in [-0.4, -0.2) is 22.5 Å². The van der Waals surface area contributed by atoms with Gasteiger partial charge in [0, 0.05) is 18.7 Å². The molecule has 6 nitrogen and oxygen atoms in total. The highest BCUT2D eigenvalue weighted by atomic mass is 35.5. The monoisotopic (exact) mass is 320 g/mol. The average Bonchev–Trinajstić information content (AvgIpc) is 2.31. The second-order valence-electron chi connectivity index (χ2n) is 4.61. The van der Waals surface area contributed by atoms with Crippen molar-refractivity contribution < 1.29 is 14.8 Å². The number of aliphatic carboxylic acids is 1. The fraction of sp³-hybridized carbons (Fsp3) is 0.417. The molecule has 1 aromatic rings. The van der Waals surface area contributed by atoms with E-state index in [9.17, 15) is 14.9 Å². The zero-order valence-corrected chi connectivity index (χ0v) is 12.4. The lowest BCUT2D eigenvalue weighted by atomic mass is 9.96. The van der Waals surface area contributed by atoms with Gasteiger partial charge in [-0.15, -0.1) is 0 Å². The molecule has 110 valence electrons. The van der Waals surface area contributed by atoms with Gasteiger partial charge in [0.2, 0.25) is 0 Å². The van der Waals surface area contributed by atoms with E-state index in [-0.39, 0.29) is 28.2 Å². The first-order chi connectivity index (χ1) is 9.23. The minimum absolute atomic E-state index is 0.0735. The van der Waals surface area contributed by atoms with Gasteiger partial charge in [-0.3, -0.25) is 14.9 Å². The highest BCUT2D eigenvalue weighted by molar-refractivity contribution is 6.39. The summed E-state index contributed by atoms with van der Waals surface area (Å²) in [5.41, 5.74) is 0.0787. The summed E-state index contributed by atoms with van der Waals surface area (Å²) in [6.45, 7) is 3.71. The maximum Gasteiger partial charge on any atom is 0.308 e. The van der Waals surface area contributed by atoms with Crippen LogP contribution in [0.15, 0.2) is 12.1 Å². The molecule has 8 heteroatoms. The molecule has 1 aromatic carbocycles. The first-order valence-electron chi connectivity index (χ1n) is 5.84. The lowest BCUT2D eigenvalue weighted by Crippen LogP contribution is -2.27. The minimum Gasteiger partial charge on any atom is -0.481 e. The molecule has 0 heterocycles. The number of anilines is 1. The van der Waals surface area contributed by atoms with E-state index in [4.69, 9.17) is 28.3 Å². The molecule has 0 fully saturated rings. The van der Waals surface area contributed by atoms with E-state index < -0.39 is 16.8 Å². The first kappa shape index (κ1) is 16.5. The molecule has 0 aliphatic heterocycles. The number of halogens is 2. The normalized spacial score (nSPS) is 12.2. The Bertz CT molecular complexity index is 511. The standard InChI is InChI=1S/C12H14Cl2N2O4/c1-6(2)8(12(17)18)5-15-11-9(13)3-7(16(19)20)4-10(11)14/h3-4,6,8,15H,5H2,1-2H3,(H,17,18). The Morgan fingerprint density at radius 2 is 1.90 bits per heavy atom. The van der Waals surface area contributed by atoms with Crippen LogP contribution in [0.1, 0.15) is 13.8 Å². The van der Waals surface area contributed by atoms with Crippen molar-refractivity contribution in [2.45, 2.75) is 13.8 Å². The van der Waals surface area contributed by atoms with Gasteiger partial charge in [-0.2, -0.15) is 0 Å². The number of nitro benzene ring substituents is 1. The van der Waals surface area contributed by atoms with Gasteiger partial charge < -0.3 is 10.4 Å². The molecule has 1 unspecified atom stereocenters. The summed E-state index contributed by atoms with van der Waals surface area (Å²) in [5.74, 6) is -1.62. The largest absolute Gasteiger partial charge is 0.481 e. The third kappa shape index (κ3) is 3.98. The van der Waals surface area contributed by atoms with Crippen LogP contribution in [0.25, 0.3) is 0 Å². The van der Waals surface area contributed by atoms with E-state index in [1.165, 1.54) is 12.1 Å². The molecule has 0 bridgehead atoms. The predicted octanol–water partition coefficient (Wildman–Crippen LogP) is 3.67. The highest BCUT2D eigenvalue weighted by Crippen LogP contribution is 2.34. The van der Waals surface area contributed by atoms with Crippen LogP contribution in [0.2, 0.25) is 10.0 Å². The molecule has 0 aromatic heterocycles. The van der Waals surface area contributed by atoms with E-state index in [0.717, 1.165) is 0 Å². The molecule has 1 rings (SSSR count). The van der Waals surface area contributed by atoms with Crippen LogP contribution < -0.4 is 5.32 Å². The zero-order chi connectivity index (χ0) is 15.4. The van der Waals surface area contributed by atoms with Crippen molar-refractivity contribution in [3.63, 3.8) is 0 Å². The third-order valence-electron chi connectivity index (χ3n) is 2.86. The lowest BCUT2D eigenvalue weighted by molar-refractivity contribution is -0.384. The number of carboxylic acids is 1. The summed E-state index contributed by atoms with van der Waals surface area (Å²) in [6, 6.07) is 2.34. The Kier molecular flexibility index (Phi) is 5.59. The molecular weight excluding hydrogens is 307 g/mol. The van der Waals surface area contributed by atoms with E-state index >= 15 is 0 Å². The van der Waals surface area contributed by atoms with Gasteiger partial charge in [-0.05, 0) is 5.92 Å². The Morgan fingerprint density at radius 1 is 1.40 bits per heavy atom. The minimum atomic E-state index is -0.929. The average molecular weight is 321 g/mol. The van der Waals surface area contributed by atoms with E-state index in [0.29, 0.717) is 5.69 Å². The molecule has 0 saturated heterocycles. The number of benzene rings is 1. The number of nitro groups is 1. The first-order valence-corrected chi connectivity index (χ1v) is 6.59. The Hall–Kier alpha value is -1.53. The van der Waals surface area contributed by atoms with Crippen LogP contribution in [0.4, 0.5) is 11.4 Å². The van der Waals surface area contributed by atoms with Gasteiger partial charge in [0.25, 0.3) is 5.69 Å². The number of hydrogen-bond donors (Lipinski definition) is 2. The Morgan fingerprint density at radius 3 is 2.25 bits per heavy atom. The Labute approximate surface area is 125 Å². The van der Waals surface area contributed by atoms with Crippen LogP contribution in [-0.2, 0) is 4.79 Å². The van der Waals surface area contributed by atoms with Gasteiger partial charge in [-0.1, -0.05) is 37.0 Å². The molecule has 0 radical (unpaired) electrons. The van der Waals surface area contributed by atoms with Crippen LogP contribution >= 0.6 is 23.2 Å². The lowest BCUT2D eigenvalue weighted by Gasteiger charge is -2.18. The SMILES string of the molecule is CC(C)C(CNc1c(Cl)cc([N+](=O)[O-])cc1Cl)C(=O)O. The van der Waals surface area contributed by atoms with E-state index in [1.807, 2.05) is 0 Å². The number of rotatable bonds is 6. The second kappa shape index (κ2) is 6.76. The smallest absolute Gasteiger partial charge is 0.308 e. The van der Waals surface area contributed by atoms with Crippen molar-refractivity contribution in [3.8, 4) is 0 Å². The molecule has 0 spiro atoms. The van der Waals surface area contributed by atoms with Crippen molar-refractivity contribution in [3.05, 3.63) is 32.3 Å². The quantitative estimate of drug-likeness (QED) is 0.616. The molecule has 2 N–H and O–H groups in total. The van der Waals surface area contributed by atoms with Crippen LogP contribution in [0.5, 0.6) is 0 Å². The van der Waals surface area contributed by atoms with Crippen LogP contribution in [0, 0.1) is 22.0 Å². The maximum atomic E-state index is 11.1. The number of nitrogens with one attached hydrogen (secondary N) is 1. The summed E-state index contributed by atoms with van der Waals surface area (Å²) in [4.78, 5) is 21.1. The third-order valence-corrected chi connectivity index (χ3v) is 3.45. The zero-order valence-electron chi connectivity index (χ0n) is 10.9. The van der Waals surface area contributed by atoms with Gasteiger partial charge in [0.15, 0.2) is 0 Å².